The van der Waals surface area contributed by atoms with E-state index in [2.05, 4.69) is 10.6 Å². The monoisotopic (exact) mass is 346 g/mol. The highest BCUT2D eigenvalue weighted by molar-refractivity contribution is 7.85. The first kappa shape index (κ1) is 20.4. The molecule has 23 heavy (non-hydrogen) atoms. The van der Waals surface area contributed by atoms with Crippen molar-refractivity contribution in [2.45, 2.75) is 77.7 Å². The van der Waals surface area contributed by atoms with Gasteiger partial charge in [-0.15, -0.1) is 0 Å². The number of hydrogen-bond acceptors (Lipinski definition) is 3. The topological polar surface area (TPSA) is 78.4 Å². The van der Waals surface area contributed by atoms with Crippen LogP contribution in [0.1, 0.15) is 60.3 Å². The standard InChI is InChI=1S/C17H34N2O3S/c1-6-23(22)14-10-8-7-9-13(14)19-16(21)18-11-17(4,5)15(20)12(2)3/h12-15,20H,6-11H2,1-5H3,(H2,18,19,21)/t13-,14+,15-,23-/m0/s1. The first-order valence-electron chi connectivity index (χ1n) is 8.78. The molecule has 4 atom stereocenters. The minimum absolute atomic E-state index is 0.0114. The number of aliphatic hydroxyl groups is 1. The van der Waals surface area contributed by atoms with Gasteiger partial charge in [-0.1, -0.05) is 47.5 Å². The molecule has 2 amide bonds. The SMILES string of the molecule is CC[S@](=O)[C@@H]1CCCC[C@@H]1NC(=O)NCC(C)(C)[C@@H](O)C(C)C. The van der Waals surface area contributed by atoms with Gasteiger partial charge in [-0.25, -0.2) is 4.79 Å². The Morgan fingerprint density at radius 2 is 1.91 bits per heavy atom. The summed E-state index contributed by atoms with van der Waals surface area (Å²) >= 11 is 0. The van der Waals surface area contributed by atoms with E-state index in [1.807, 2.05) is 34.6 Å². The highest BCUT2D eigenvalue weighted by atomic mass is 32.2. The van der Waals surface area contributed by atoms with Crippen LogP contribution in [0, 0.1) is 11.3 Å². The normalized spacial score (nSPS) is 25.0. The third kappa shape index (κ3) is 6.07. The second-order valence-electron chi connectivity index (χ2n) is 7.60. The molecule has 0 aliphatic heterocycles. The van der Waals surface area contributed by atoms with E-state index in [-0.39, 0.29) is 28.7 Å². The summed E-state index contributed by atoms with van der Waals surface area (Å²) in [6.45, 7) is 10.2. The lowest BCUT2D eigenvalue weighted by Gasteiger charge is -2.34. The minimum Gasteiger partial charge on any atom is -0.392 e. The molecule has 1 saturated carbocycles. The van der Waals surface area contributed by atoms with Crippen LogP contribution in [-0.4, -0.2) is 45.0 Å². The quantitative estimate of drug-likeness (QED) is 0.662. The Morgan fingerprint density at radius 3 is 2.48 bits per heavy atom. The van der Waals surface area contributed by atoms with Crippen LogP contribution in [0.15, 0.2) is 0 Å². The fourth-order valence-corrected chi connectivity index (χ4v) is 4.75. The summed E-state index contributed by atoms with van der Waals surface area (Å²) in [6, 6.07) is -0.235. The van der Waals surface area contributed by atoms with Crippen molar-refractivity contribution in [1.82, 2.24) is 10.6 Å². The fourth-order valence-electron chi connectivity index (χ4n) is 3.33. The number of amides is 2. The van der Waals surface area contributed by atoms with Crippen molar-refractivity contribution < 1.29 is 14.1 Å². The number of urea groups is 1. The van der Waals surface area contributed by atoms with Crippen molar-refractivity contribution in [3.8, 4) is 0 Å². The van der Waals surface area contributed by atoms with E-state index in [1.165, 1.54) is 0 Å². The molecule has 5 nitrogen and oxygen atoms in total. The Kier molecular flexibility index (Phi) is 8.01. The molecule has 1 fully saturated rings. The molecule has 1 aliphatic rings. The molecule has 0 unspecified atom stereocenters. The molecule has 1 aliphatic carbocycles. The first-order chi connectivity index (χ1) is 10.7. The summed E-state index contributed by atoms with van der Waals surface area (Å²) in [6.07, 6.45) is 3.49. The molecule has 3 N–H and O–H groups in total. The lowest BCUT2D eigenvalue weighted by molar-refractivity contribution is 0.0151. The molecule has 0 aromatic carbocycles. The van der Waals surface area contributed by atoms with E-state index in [0.717, 1.165) is 25.7 Å². The maximum absolute atomic E-state index is 12.2. The van der Waals surface area contributed by atoms with E-state index in [0.29, 0.717) is 12.3 Å². The van der Waals surface area contributed by atoms with Crippen molar-refractivity contribution in [2.24, 2.45) is 11.3 Å². The average molecular weight is 347 g/mol. The zero-order valence-electron chi connectivity index (χ0n) is 15.2. The summed E-state index contributed by atoms with van der Waals surface area (Å²) in [5.41, 5.74) is -0.385. The van der Waals surface area contributed by atoms with Gasteiger partial charge in [0.05, 0.1) is 11.4 Å². The summed E-state index contributed by atoms with van der Waals surface area (Å²) < 4.78 is 12.1. The van der Waals surface area contributed by atoms with Crippen LogP contribution in [0.4, 0.5) is 4.79 Å². The van der Waals surface area contributed by atoms with Crippen LogP contribution in [0.5, 0.6) is 0 Å². The molecule has 0 spiro atoms. The number of nitrogens with one attached hydrogen (secondary N) is 2. The van der Waals surface area contributed by atoms with Crippen LogP contribution in [-0.2, 0) is 10.8 Å². The van der Waals surface area contributed by atoms with Crippen LogP contribution in [0.25, 0.3) is 0 Å². The molecular formula is C17H34N2O3S. The minimum atomic E-state index is -0.877. The van der Waals surface area contributed by atoms with Crippen molar-refractivity contribution in [3.05, 3.63) is 0 Å². The van der Waals surface area contributed by atoms with E-state index in [9.17, 15) is 14.1 Å². The highest BCUT2D eigenvalue weighted by Gasteiger charge is 2.32. The zero-order valence-corrected chi connectivity index (χ0v) is 16.0. The largest absolute Gasteiger partial charge is 0.392 e. The summed E-state index contributed by atoms with van der Waals surface area (Å²) in [4.78, 5) is 12.2. The predicted molar refractivity (Wildman–Crippen MR) is 95.9 cm³/mol. The first-order valence-corrected chi connectivity index (χ1v) is 10.2. The molecule has 0 saturated heterocycles. The van der Waals surface area contributed by atoms with E-state index >= 15 is 0 Å². The Bertz CT molecular complexity index is 413. The van der Waals surface area contributed by atoms with Crippen LogP contribution >= 0.6 is 0 Å². The molecular weight excluding hydrogens is 312 g/mol. The molecule has 0 bridgehead atoms. The Hall–Kier alpha value is -0.620. The highest BCUT2D eigenvalue weighted by Crippen LogP contribution is 2.25. The number of hydrogen-bond donors (Lipinski definition) is 3. The van der Waals surface area contributed by atoms with E-state index in [1.54, 1.807) is 0 Å². The van der Waals surface area contributed by atoms with Crippen LogP contribution < -0.4 is 10.6 Å². The predicted octanol–water partition coefficient (Wildman–Crippen LogP) is 2.41. The summed E-state index contributed by atoms with van der Waals surface area (Å²) in [7, 11) is -0.877. The van der Waals surface area contributed by atoms with Crippen LogP contribution in [0.2, 0.25) is 0 Å². The zero-order chi connectivity index (χ0) is 17.6. The molecule has 0 radical (unpaired) electrons. The second kappa shape index (κ2) is 9.02. The Labute approximate surface area is 143 Å². The van der Waals surface area contributed by atoms with Gasteiger partial charge < -0.3 is 15.7 Å². The van der Waals surface area contributed by atoms with E-state index < -0.39 is 16.9 Å². The third-order valence-corrected chi connectivity index (χ3v) is 6.59. The van der Waals surface area contributed by atoms with Gasteiger partial charge in [0.15, 0.2) is 0 Å². The Morgan fingerprint density at radius 1 is 1.30 bits per heavy atom. The fraction of sp³-hybridized carbons (Fsp3) is 0.941. The van der Waals surface area contributed by atoms with Gasteiger partial charge in [0.25, 0.3) is 0 Å². The van der Waals surface area contributed by atoms with Gasteiger partial charge in [0.1, 0.15) is 0 Å². The maximum atomic E-state index is 12.2. The number of rotatable bonds is 7. The lowest BCUT2D eigenvalue weighted by atomic mass is 9.81. The van der Waals surface area contributed by atoms with Crippen molar-refractivity contribution >= 4 is 16.8 Å². The van der Waals surface area contributed by atoms with Crippen molar-refractivity contribution in [1.29, 1.82) is 0 Å². The Balaban J connectivity index is 2.53. The molecule has 136 valence electrons. The average Bonchev–Trinajstić information content (AvgIpc) is 2.52. The maximum Gasteiger partial charge on any atom is 0.315 e. The van der Waals surface area contributed by atoms with Crippen molar-refractivity contribution in [3.63, 3.8) is 0 Å². The molecule has 0 aromatic rings. The van der Waals surface area contributed by atoms with Gasteiger partial charge in [-0.2, -0.15) is 0 Å². The van der Waals surface area contributed by atoms with E-state index in [4.69, 9.17) is 0 Å². The van der Waals surface area contributed by atoms with Crippen molar-refractivity contribution in [2.75, 3.05) is 12.3 Å². The lowest BCUT2D eigenvalue weighted by Crippen LogP contribution is -2.53. The number of carbonyl (C=O) groups is 1. The molecule has 0 heterocycles. The summed E-state index contributed by atoms with van der Waals surface area (Å²) in [5.74, 6) is 0.780. The van der Waals surface area contributed by atoms with Gasteiger partial charge in [0.2, 0.25) is 0 Å². The molecule has 6 heteroatoms. The van der Waals surface area contributed by atoms with Crippen LogP contribution in [0.3, 0.4) is 0 Å². The molecule has 0 aromatic heterocycles. The molecule has 1 rings (SSSR count). The number of aliphatic hydroxyl groups excluding tert-OH is 1. The second-order valence-corrected chi connectivity index (χ2v) is 9.55. The smallest absolute Gasteiger partial charge is 0.315 e. The number of carbonyl (C=O) groups excluding carboxylic acids is 1. The van der Waals surface area contributed by atoms with Gasteiger partial charge >= 0.3 is 6.03 Å². The van der Waals surface area contributed by atoms with Gasteiger partial charge in [-0.05, 0) is 18.8 Å². The summed E-state index contributed by atoms with van der Waals surface area (Å²) in [5, 5.41) is 16.2. The third-order valence-electron chi connectivity index (χ3n) is 4.78. The van der Waals surface area contributed by atoms with Gasteiger partial charge in [0, 0.05) is 34.6 Å². The van der Waals surface area contributed by atoms with Gasteiger partial charge in [-0.3, -0.25) is 4.21 Å².